The molecule has 0 unspecified atom stereocenters. The zero-order chi connectivity index (χ0) is 12.1. The van der Waals surface area contributed by atoms with Crippen molar-refractivity contribution in [3.8, 4) is 0 Å². The SMILES string of the molecule is O=Cc1cccc(Cl)c1CNc1ccccn1. The molecule has 86 valence electrons. The van der Waals surface area contributed by atoms with E-state index in [1.165, 1.54) is 0 Å². The number of hydrogen-bond donors (Lipinski definition) is 1. The Morgan fingerprint density at radius 1 is 1.24 bits per heavy atom. The Labute approximate surface area is 104 Å². The summed E-state index contributed by atoms with van der Waals surface area (Å²) in [6.45, 7) is 0.477. The molecule has 17 heavy (non-hydrogen) atoms. The highest BCUT2D eigenvalue weighted by Crippen LogP contribution is 2.19. The van der Waals surface area contributed by atoms with Crippen LogP contribution < -0.4 is 5.32 Å². The van der Waals surface area contributed by atoms with Gasteiger partial charge in [-0.05, 0) is 18.2 Å². The van der Waals surface area contributed by atoms with Crippen molar-refractivity contribution in [3.05, 3.63) is 58.7 Å². The average Bonchev–Trinajstić information content (AvgIpc) is 2.38. The topological polar surface area (TPSA) is 42.0 Å². The maximum atomic E-state index is 10.9. The first-order valence-corrected chi connectivity index (χ1v) is 5.56. The summed E-state index contributed by atoms with van der Waals surface area (Å²) in [5.41, 5.74) is 1.38. The third kappa shape index (κ3) is 2.82. The molecule has 0 aliphatic heterocycles. The van der Waals surface area contributed by atoms with Crippen molar-refractivity contribution in [3.63, 3.8) is 0 Å². The van der Waals surface area contributed by atoms with Gasteiger partial charge in [0.25, 0.3) is 0 Å². The van der Waals surface area contributed by atoms with Crippen LogP contribution in [0.15, 0.2) is 42.6 Å². The van der Waals surface area contributed by atoms with Crippen molar-refractivity contribution < 1.29 is 4.79 Å². The predicted molar refractivity (Wildman–Crippen MR) is 68.4 cm³/mol. The third-order valence-corrected chi connectivity index (χ3v) is 2.75. The second-order valence-corrected chi connectivity index (χ2v) is 3.90. The summed E-state index contributed by atoms with van der Waals surface area (Å²) in [4.78, 5) is 15.0. The summed E-state index contributed by atoms with van der Waals surface area (Å²) in [5.74, 6) is 0.754. The first kappa shape index (κ1) is 11.6. The molecule has 1 heterocycles. The van der Waals surface area contributed by atoms with E-state index in [-0.39, 0.29) is 0 Å². The molecule has 0 bridgehead atoms. The molecule has 0 radical (unpaired) electrons. The molecule has 2 rings (SSSR count). The van der Waals surface area contributed by atoms with Gasteiger partial charge < -0.3 is 5.32 Å². The molecule has 0 saturated carbocycles. The highest BCUT2D eigenvalue weighted by Gasteiger charge is 2.05. The van der Waals surface area contributed by atoms with Gasteiger partial charge in [-0.25, -0.2) is 4.98 Å². The number of aromatic nitrogens is 1. The zero-order valence-corrected chi connectivity index (χ0v) is 9.82. The van der Waals surface area contributed by atoms with E-state index >= 15 is 0 Å². The standard InChI is InChI=1S/C13H11ClN2O/c14-12-5-3-4-10(9-17)11(12)8-16-13-6-1-2-7-15-13/h1-7,9H,8H2,(H,15,16). The molecule has 0 fully saturated rings. The number of nitrogens with one attached hydrogen (secondary N) is 1. The molecule has 0 amide bonds. The van der Waals surface area contributed by atoms with Gasteiger partial charge in [0.15, 0.2) is 0 Å². The van der Waals surface area contributed by atoms with Crippen LogP contribution in [-0.4, -0.2) is 11.3 Å². The van der Waals surface area contributed by atoms with E-state index in [1.807, 2.05) is 18.2 Å². The number of halogens is 1. The van der Waals surface area contributed by atoms with Crippen molar-refractivity contribution in [2.45, 2.75) is 6.54 Å². The van der Waals surface area contributed by atoms with Crippen LogP contribution >= 0.6 is 11.6 Å². The minimum Gasteiger partial charge on any atom is -0.366 e. The Morgan fingerprint density at radius 3 is 2.82 bits per heavy atom. The van der Waals surface area contributed by atoms with Crippen LogP contribution in [0.2, 0.25) is 5.02 Å². The van der Waals surface area contributed by atoms with Gasteiger partial charge in [-0.2, -0.15) is 0 Å². The quantitative estimate of drug-likeness (QED) is 0.843. The number of hydrogen-bond acceptors (Lipinski definition) is 3. The summed E-state index contributed by atoms with van der Waals surface area (Å²) < 4.78 is 0. The predicted octanol–water partition coefficient (Wildman–Crippen LogP) is 3.16. The molecule has 0 saturated heterocycles. The van der Waals surface area contributed by atoms with Crippen molar-refractivity contribution in [1.29, 1.82) is 0 Å². The maximum Gasteiger partial charge on any atom is 0.150 e. The summed E-state index contributed by atoms with van der Waals surface area (Å²) in [7, 11) is 0. The largest absolute Gasteiger partial charge is 0.366 e. The second kappa shape index (κ2) is 5.46. The Kier molecular flexibility index (Phi) is 3.73. The molecule has 0 atom stereocenters. The van der Waals surface area contributed by atoms with E-state index in [2.05, 4.69) is 10.3 Å². The summed E-state index contributed by atoms with van der Waals surface area (Å²) >= 11 is 6.06. The van der Waals surface area contributed by atoms with Crippen LogP contribution in [0.4, 0.5) is 5.82 Å². The molecular weight excluding hydrogens is 236 g/mol. The molecule has 0 spiro atoms. The van der Waals surface area contributed by atoms with E-state index in [0.29, 0.717) is 17.1 Å². The summed E-state index contributed by atoms with van der Waals surface area (Å²) in [6, 6.07) is 10.9. The second-order valence-electron chi connectivity index (χ2n) is 3.49. The summed E-state index contributed by atoms with van der Waals surface area (Å²) in [6.07, 6.45) is 2.51. The van der Waals surface area contributed by atoms with Gasteiger partial charge >= 0.3 is 0 Å². The minimum atomic E-state index is 0.477. The minimum absolute atomic E-state index is 0.477. The highest BCUT2D eigenvalue weighted by molar-refractivity contribution is 6.31. The number of benzene rings is 1. The van der Waals surface area contributed by atoms with Gasteiger partial charge in [0, 0.05) is 28.9 Å². The van der Waals surface area contributed by atoms with Crippen LogP contribution in [-0.2, 0) is 6.54 Å². The average molecular weight is 247 g/mol. The van der Waals surface area contributed by atoms with Crippen LogP contribution in [0.5, 0.6) is 0 Å². The third-order valence-electron chi connectivity index (χ3n) is 2.39. The zero-order valence-electron chi connectivity index (χ0n) is 9.06. The van der Waals surface area contributed by atoms with Crippen LogP contribution in [0.25, 0.3) is 0 Å². The number of pyridine rings is 1. The van der Waals surface area contributed by atoms with Crippen LogP contribution in [0.3, 0.4) is 0 Å². The molecule has 1 N–H and O–H groups in total. The highest BCUT2D eigenvalue weighted by atomic mass is 35.5. The first-order valence-electron chi connectivity index (χ1n) is 5.18. The van der Waals surface area contributed by atoms with Gasteiger partial charge in [-0.1, -0.05) is 29.8 Å². The maximum absolute atomic E-state index is 10.9. The molecule has 2 aromatic rings. The summed E-state index contributed by atoms with van der Waals surface area (Å²) in [5, 5.41) is 3.70. The van der Waals surface area contributed by atoms with Gasteiger partial charge in [0.05, 0.1) is 0 Å². The van der Waals surface area contributed by atoms with Crippen molar-refractivity contribution in [2.75, 3.05) is 5.32 Å². The van der Waals surface area contributed by atoms with Gasteiger partial charge in [-0.15, -0.1) is 0 Å². The number of carbonyl (C=O) groups is 1. The molecule has 1 aromatic heterocycles. The van der Waals surface area contributed by atoms with E-state index in [1.54, 1.807) is 24.4 Å². The Balaban J connectivity index is 2.16. The van der Waals surface area contributed by atoms with Crippen molar-refractivity contribution in [2.24, 2.45) is 0 Å². The molecular formula is C13H11ClN2O. The smallest absolute Gasteiger partial charge is 0.150 e. The number of aldehydes is 1. The molecule has 4 heteroatoms. The van der Waals surface area contributed by atoms with E-state index in [9.17, 15) is 4.79 Å². The molecule has 0 aliphatic rings. The Morgan fingerprint density at radius 2 is 2.12 bits per heavy atom. The number of rotatable bonds is 4. The fourth-order valence-electron chi connectivity index (χ4n) is 1.52. The molecule has 3 nitrogen and oxygen atoms in total. The van der Waals surface area contributed by atoms with E-state index in [4.69, 9.17) is 11.6 Å². The first-order chi connectivity index (χ1) is 8.31. The number of nitrogens with zero attached hydrogens (tertiary/aromatic N) is 1. The van der Waals surface area contributed by atoms with E-state index in [0.717, 1.165) is 17.7 Å². The number of carbonyl (C=O) groups excluding carboxylic acids is 1. The lowest BCUT2D eigenvalue weighted by atomic mass is 10.1. The lowest BCUT2D eigenvalue weighted by molar-refractivity contribution is 0.112. The fourth-order valence-corrected chi connectivity index (χ4v) is 1.77. The molecule has 1 aromatic carbocycles. The fraction of sp³-hybridized carbons (Fsp3) is 0.0769. The Hall–Kier alpha value is -1.87. The van der Waals surface area contributed by atoms with Crippen molar-refractivity contribution in [1.82, 2.24) is 4.98 Å². The van der Waals surface area contributed by atoms with Crippen molar-refractivity contribution >= 4 is 23.7 Å². The normalized spacial score (nSPS) is 9.94. The lowest BCUT2D eigenvalue weighted by Gasteiger charge is -2.09. The molecule has 0 aliphatic carbocycles. The van der Waals surface area contributed by atoms with Gasteiger partial charge in [0.1, 0.15) is 12.1 Å². The Bertz CT molecular complexity index is 514. The van der Waals surface area contributed by atoms with Gasteiger partial charge in [0.2, 0.25) is 0 Å². The van der Waals surface area contributed by atoms with E-state index < -0.39 is 0 Å². The van der Waals surface area contributed by atoms with Crippen LogP contribution in [0, 0.1) is 0 Å². The lowest BCUT2D eigenvalue weighted by Crippen LogP contribution is -2.04. The van der Waals surface area contributed by atoms with Gasteiger partial charge in [-0.3, -0.25) is 4.79 Å². The van der Waals surface area contributed by atoms with Crippen LogP contribution in [0.1, 0.15) is 15.9 Å². The number of anilines is 1. The monoisotopic (exact) mass is 246 g/mol.